The Labute approximate surface area is 174 Å². The molecule has 0 aliphatic heterocycles. The van der Waals surface area contributed by atoms with Crippen LogP contribution in [0.5, 0.6) is 0 Å². The van der Waals surface area contributed by atoms with E-state index in [-0.39, 0.29) is 45.5 Å². The van der Waals surface area contributed by atoms with Gasteiger partial charge in [-0.05, 0) is 24.7 Å². The number of phosphoric acid groups is 1. The molecule has 2 unspecified atom stereocenters. The molecule has 6 heteroatoms. The van der Waals surface area contributed by atoms with E-state index in [1.54, 1.807) is 0 Å². The number of hydrogen-bond donors (Lipinski definition) is 1. The molecule has 0 aromatic rings. The third-order valence-corrected chi connectivity index (χ3v) is 4.98. The third-order valence-electron chi connectivity index (χ3n) is 4.03. The number of unbranched alkanes of at least 4 members (excludes halogenated alkanes) is 2. The summed E-state index contributed by atoms with van der Waals surface area (Å²) < 4.78 is 22.2. The van der Waals surface area contributed by atoms with E-state index in [1.807, 2.05) is 0 Å². The summed E-state index contributed by atoms with van der Waals surface area (Å²) in [7, 11) is -3.89. The summed E-state index contributed by atoms with van der Waals surface area (Å²) in [6, 6.07) is 0. The molecular formula is C16H37O4PSr. The van der Waals surface area contributed by atoms with Crippen molar-refractivity contribution in [3.63, 3.8) is 0 Å². The van der Waals surface area contributed by atoms with Crippen LogP contribution < -0.4 is 0 Å². The molecule has 0 fully saturated rings. The van der Waals surface area contributed by atoms with E-state index in [2.05, 4.69) is 27.7 Å². The second-order valence-electron chi connectivity index (χ2n) is 5.89. The molecule has 1 N–H and O–H groups in total. The monoisotopic (exact) mass is 412 g/mol. The number of phosphoric ester groups is 1. The standard InChI is InChI=1S/C16H35O4P.Sr.2H/c1-5-9-11-15(7-3)13-19-21(17,18)20-14-16(8-4)12-10-6-2;;;/h15-16H,5-14H2,1-4H3,(H,17,18);;;. The van der Waals surface area contributed by atoms with Crippen molar-refractivity contribution in [3.8, 4) is 0 Å². The Hall–Kier alpha value is 1.59. The van der Waals surface area contributed by atoms with Gasteiger partial charge in [-0.15, -0.1) is 0 Å². The molecule has 0 saturated heterocycles. The predicted molar refractivity (Wildman–Crippen MR) is 96.9 cm³/mol. The topological polar surface area (TPSA) is 55.8 Å². The maximum atomic E-state index is 11.9. The third kappa shape index (κ3) is 14.0. The van der Waals surface area contributed by atoms with Crippen LogP contribution >= 0.6 is 7.82 Å². The van der Waals surface area contributed by atoms with Gasteiger partial charge in [-0.25, -0.2) is 4.57 Å². The second kappa shape index (κ2) is 16.1. The molecule has 132 valence electrons. The molecule has 0 aliphatic carbocycles. The molecule has 22 heavy (non-hydrogen) atoms. The first-order valence-electron chi connectivity index (χ1n) is 8.60. The summed E-state index contributed by atoms with van der Waals surface area (Å²) in [5, 5.41) is 0. The number of rotatable bonds is 14. The van der Waals surface area contributed by atoms with Gasteiger partial charge < -0.3 is 4.89 Å². The Morgan fingerprint density at radius 1 is 0.864 bits per heavy atom. The second-order valence-corrected chi connectivity index (χ2v) is 7.35. The van der Waals surface area contributed by atoms with Crippen LogP contribution in [0.15, 0.2) is 0 Å². The van der Waals surface area contributed by atoms with Crippen LogP contribution in [0, 0.1) is 11.8 Å². The normalized spacial score (nSPS) is 16.6. The van der Waals surface area contributed by atoms with Crippen molar-refractivity contribution < 1.29 is 18.5 Å². The van der Waals surface area contributed by atoms with Crippen molar-refractivity contribution in [3.05, 3.63) is 0 Å². The van der Waals surface area contributed by atoms with Gasteiger partial charge in [0.05, 0.1) is 13.2 Å². The zero-order chi connectivity index (χ0) is 16.1. The van der Waals surface area contributed by atoms with E-state index in [0.29, 0.717) is 25.0 Å². The average molecular weight is 412 g/mol. The first-order valence-corrected chi connectivity index (χ1v) is 10.1. The minimum atomic E-state index is -3.89. The first kappa shape index (κ1) is 25.8. The molecular weight excluding hydrogens is 375 g/mol. The molecule has 4 nitrogen and oxygen atoms in total. The van der Waals surface area contributed by atoms with Crippen molar-refractivity contribution in [1.29, 1.82) is 0 Å². The SMILES string of the molecule is CCCCC(CC)COP(=O)(O)OCC(CC)CCCC.[SrH2]. The van der Waals surface area contributed by atoms with Gasteiger partial charge in [0.1, 0.15) is 0 Å². The molecule has 0 aromatic heterocycles. The zero-order valence-corrected chi connectivity index (χ0v) is 15.2. The van der Waals surface area contributed by atoms with Gasteiger partial charge in [0, 0.05) is 0 Å². The zero-order valence-electron chi connectivity index (χ0n) is 14.3. The summed E-state index contributed by atoms with van der Waals surface area (Å²) >= 11 is 0. The summed E-state index contributed by atoms with van der Waals surface area (Å²) in [4.78, 5) is 9.77. The first-order chi connectivity index (χ1) is 9.99. The van der Waals surface area contributed by atoms with Gasteiger partial charge in [-0.1, -0.05) is 66.2 Å². The number of hydrogen-bond acceptors (Lipinski definition) is 3. The Kier molecular flexibility index (Phi) is 18.9. The van der Waals surface area contributed by atoms with Crippen LogP contribution in [0.2, 0.25) is 0 Å². The van der Waals surface area contributed by atoms with E-state index < -0.39 is 7.82 Å². The van der Waals surface area contributed by atoms with Crippen molar-refractivity contribution in [1.82, 2.24) is 0 Å². The van der Waals surface area contributed by atoms with Crippen molar-refractivity contribution in [2.24, 2.45) is 11.8 Å². The van der Waals surface area contributed by atoms with Crippen molar-refractivity contribution in [2.45, 2.75) is 79.1 Å². The van der Waals surface area contributed by atoms with Crippen molar-refractivity contribution in [2.75, 3.05) is 13.2 Å². The average Bonchev–Trinajstić information content (AvgIpc) is 2.47. The van der Waals surface area contributed by atoms with Gasteiger partial charge in [-0.2, -0.15) is 0 Å². The fourth-order valence-electron chi connectivity index (χ4n) is 2.23. The van der Waals surface area contributed by atoms with Gasteiger partial charge in [0.2, 0.25) is 0 Å². The van der Waals surface area contributed by atoms with Crippen LogP contribution in [-0.2, 0) is 13.6 Å². The van der Waals surface area contributed by atoms with E-state index in [1.165, 1.54) is 0 Å². The van der Waals surface area contributed by atoms with Crippen LogP contribution in [0.3, 0.4) is 0 Å². The minimum absolute atomic E-state index is 0. The van der Waals surface area contributed by atoms with Crippen LogP contribution in [-0.4, -0.2) is 63.6 Å². The van der Waals surface area contributed by atoms with E-state index >= 15 is 0 Å². The maximum absolute atomic E-state index is 11.9. The van der Waals surface area contributed by atoms with Gasteiger partial charge in [-0.3, -0.25) is 9.05 Å². The molecule has 0 aromatic carbocycles. The van der Waals surface area contributed by atoms with Gasteiger partial charge in [0.25, 0.3) is 0 Å². The van der Waals surface area contributed by atoms with Gasteiger partial charge >= 0.3 is 53.3 Å². The Morgan fingerprint density at radius 3 is 1.50 bits per heavy atom. The molecule has 0 saturated carbocycles. The Bertz CT molecular complexity index is 265. The van der Waals surface area contributed by atoms with E-state index in [4.69, 9.17) is 9.05 Å². The van der Waals surface area contributed by atoms with Gasteiger partial charge in [0.15, 0.2) is 0 Å². The fraction of sp³-hybridized carbons (Fsp3) is 1.00. The van der Waals surface area contributed by atoms with Crippen molar-refractivity contribution >= 4 is 53.3 Å². The predicted octanol–water partition coefficient (Wildman–Crippen LogP) is 4.64. The molecule has 0 aliphatic rings. The van der Waals surface area contributed by atoms with E-state index in [9.17, 15) is 9.46 Å². The Morgan fingerprint density at radius 2 is 1.23 bits per heavy atom. The van der Waals surface area contributed by atoms with Crippen LogP contribution in [0.25, 0.3) is 0 Å². The summed E-state index contributed by atoms with van der Waals surface area (Å²) in [6.45, 7) is 9.10. The van der Waals surface area contributed by atoms with Crippen LogP contribution in [0.4, 0.5) is 0 Å². The molecule has 0 heterocycles. The summed E-state index contributed by atoms with van der Waals surface area (Å²) in [6.07, 6.45) is 8.56. The molecule has 0 amide bonds. The van der Waals surface area contributed by atoms with E-state index in [0.717, 1.165) is 51.4 Å². The molecule has 2 atom stereocenters. The molecule has 0 rings (SSSR count). The quantitative estimate of drug-likeness (QED) is 0.334. The summed E-state index contributed by atoms with van der Waals surface area (Å²) in [5.41, 5.74) is 0. The summed E-state index contributed by atoms with van der Waals surface area (Å²) in [5.74, 6) is 0.687. The molecule has 0 radical (unpaired) electrons. The molecule has 0 spiro atoms. The molecule has 0 bridgehead atoms. The Balaban J connectivity index is 0. The van der Waals surface area contributed by atoms with Crippen LogP contribution in [0.1, 0.15) is 79.1 Å². The fourth-order valence-corrected chi connectivity index (χ4v) is 3.11.